The molecule has 1 aromatic carbocycles. The average Bonchev–Trinajstić information content (AvgIpc) is 2.75. The number of nitrogens with zero attached hydrogens (tertiary/aromatic N) is 2. The van der Waals surface area contributed by atoms with Gasteiger partial charge >= 0.3 is 0 Å². The van der Waals surface area contributed by atoms with Gasteiger partial charge in [0, 0.05) is 30.9 Å². The summed E-state index contributed by atoms with van der Waals surface area (Å²) in [7, 11) is -2.03. The minimum absolute atomic E-state index is 0.0598. The van der Waals surface area contributed by atoms with E-state index in [9.17, 15) is 12.8 Å². The second kappa shape index (κ2) is 5.92. The number of halogens is 1. The maximum absolute atomic E-state index is 13.3. The second-order valence-electron chi connectivity index (χ2n) is 4.65. The lowest BCUT2D eigenvalue weighted by atomic mass is 10.2. The van der Waals surface area contributed by atoms with E-state index in [1.54, 1.807) is 24.9 Å². The van der Waals surface area contributed by atoms with E-state index in [0.29, 0.717) is 0 Å². The van der Waals surface area contributed by atoms with E-state index in [0.717, 1.165) is 29.5 Å². The van der Waals surface area contributed by atoms with Gasteiger partial charge in [-0.15, -0.1) is 0 Å². The highest BCUT2D eigenvalue weighted by Crippen LogP contribution is 2.16. The molecule has 0 bridgehead atoms. The van der Waals surface area contributed by atoms with Gasteiger partial charge in [0.05, 0.1) is 17.2 Å². The first-order valence-electron chi connectivity index (χ1n) is 6.21. The summed E-state index contributed by atoms with van der Waals surface area (Å²) in [6, 6.07) is 3.30. The van der Waals surface area contributed by atoms with E-state index >= 15 is 0 Å². The Bertz CT molecular complexity index is 756. The van der Waals surface area contributed by atoms with Gasteiger partial charge in [-0.25, -0.2) is 17.5 Å². The Morgan fingerprint density at radius 1 is 1.38 bits per heavy atom. The Morgan fingerprint density at radius 2 is 2.10 bits per heavy atom. The van der Waals surface area contributed by atoms with E-state index in [2.05, 4.69) is 9.82 Å². The van der Waals surface area contributed by atoms with Crippen LogP contribution in [0.25, 0.3) is 0 Å². The van der Waals surface area contributed by atoms with Crippen LogP contribution in [0.15, 0.2) is 29.3 Å². The predicted octanol–water partition coefficient (Wildman–Crippen LogP) is 0.838. The summed E-state index contributed by atoms with van der Waals surface area (Å²) in [6.45, 7) is 1.32. The van der Waals surface area contributed by atoms with Crippen molar-refractivity contribution < 1.29 is 17.9 Å². The fourth-order valence-electron chi connectivity index (χ4n) is 1.92. The van der Waals surface area contributed by atoms with Gasteiger partial charge in [-0.1, -0.05) is 0 Å². The number of aliphatic hydroxyl groups excluding tert-OH is 1. The van der Waals surface area contributed by atoms with Crippen molar-refractivity contribution in [3.05, 3.63) is 47.0 Å². The largest absolute Gasteiger partial charge is 0.392 e. The molecule has 0 aliphatic heterocycles. The van der Waals surface area contributed by atoms with Crippen molar-refractivity contribution in [2.45, 2.75) is 25.0 Å². The number of sulfonamides is 1. The number of benzene rings is 1. The van der Waals surface area contributed by atoms with Gasteiger partial charge in [0.1, 0.15) is 5.82 Å². The summed E-state index contributed by atoms with van der Waals surface area (Å²) in [5.74, 6) is -0.639. The first-order chi connectivity index (χ1) is 9.83. The van der Waals surface area contributed by atoms with Crippen LogP contribution in [0.2, 0.25) is 0 Å². The molecule has 114 valence electrons. The molecule has 0 saturated heterocycles. The van der Waals surface area contributed by atoms with E-state index < -0.39 is 22.4 Å². The molecule has 0 amide bonds. The van der Waals surface area contributed by atoms with Crippen molar-refractivity contribution >= 4 is 10.0 Å². The molecule has 0 radical (unpaired) electrons. The molecule has 2 N–H and O–H groups in total. The van der Waals surface area contributed by atoms with Gasteiger partial charge in [-0.3, -0.25) is 4.68 Å². The Hall–Kier alpha value is -1.77. The topological polar surface area (TPSA) is 84.2 Å². The van der Waals surface area contributed by atoms with Crippen molar-refractivity contribution in [1.29, 1.82) is 0 Å². The van der Waals surface area contributed by atoms with Crippen LogP contribution in [-0.2, 0) is 30.2 Å². The van der Waals surface area contributed by atoms with Crippen molar-refractivity contribution in [2.75, 3.05) is 0 Å². The quantitative estimate of drug-likeness (QED) is 0.856. The third kappa shape index (κ3) is 3.46. The summed E-state index contributed by atoms with van der Waals surface area (Å²) in [5, 5.41) is 13.1. The molecule has 1 heterocycles. The third-order valence-corrected chi connectivity index (χ3v) is 4.46. The molecule has 21 heavy (non-hydrogen) atoms. The van der Waals surface area contributed by atoms with Crippen molar-refractivity contribution in [3.63, 3.8) is 0 Å². The SMILES string of the molecule is Cc1nn(C)cc1CNS(=O)(=O)c1ccc(F)c(CO)c1. The standard InChI is InChI=1S/C13H16FN3O3S/c1-9-11(7-17(2)16-9)6-15-21(19,20)12-3-4-13(14)10(5-12)8-18/h3-5,7,15,18H,6,8H2,1-2H3. The third-order valence-electron chi connectivity index (χ3n) is 3.07. The van der Waals surface area contributed by atoms with Crippen LogP contribution < -0.4 is 4.72 Å². The van der Waals surface area contributed by atoms with Crippen LogP contribution >= 0.6 is 0 Å². The molecule has 0 atom stereocenters. The van der Waals surface area contributed by atoms with E-state index in [1.165, 1.54) is 0 Å². The molecule has 2 aromatic rings. The highest BCUT2D eigenvalue weighted by molar-refractivity contribution is 7.89. The zero-order valence-electron chi connectivity index (χ0n) is 11.7. The fraction of sp³-hybridized carbons (Fsp3) is 0.308. The first kappa shape index (κ1) is 15.6. The van der Waals surface area contributed by atoms with Crippen LogP contribution in [0.1, 0.15) is 16.8 Å². The molecule has 0 saturated carbocycles. The summed E-state index contributed by atoms with van der Waals surface area (Å²) in [5.41, 5.74) is 1.43. The normalized spacial score (nSPS) is 11.8. The maximum atomic E-state index is 13.3. The smallest absolute Gasteiger partial charge is 0.240 e. The predicted molar refractivity (Wildman–Crippen MR) is 74.3 cm³/mol. The van der Waals surface area contributed by atoms with Crippen molar-refractivity contribution in [3.8, 4) is 0 Å². The number of aryl methyl sites for hydroxylation is 2. The first-order valence-corrected chi connectivity index (χ1v) is 7.70. The minimum atomic E-state index is -3.78. The molecule has 0 aliphatic carbocycles. The molecule has 8 heteroatoms. The number of hydrogen-bond acceptors (Lipinski definition) is 4. The molecular formula is C13H16FN3O3S. The van der Waals surface area contributed by atoms with Gasteiger partial charge in [-0.2, -0.15) is 5.10 Å². The molecule has 0 fully saturated rings. The van der Waals surface area contributed by atoms with E-state index in [1.807, 2.05) is 0 Å². The van der Waals surface area contributed by atoms with Crippen LogP contribution in [-0.4, -0.2) is 23.3 Å². The van der Waals surface area contributed by atoms with Gasteiger partial charge in [0.15, 0.2) is 0 Å². The monoisotopic (exact) mass is 313 g/mol. The number of hydrogen-bond donors (Lipinski definition) is 2. The van der Waals surface area contributed by atoms with E-state index in [-0.39, 0.29) is 17.0 Å². The number of rotatable bonds is 5. The lowest BCUT2D eigenvalue weighted by Crippen LogP contribution is -2.23. The van der Waals surface area contributed by atoms with Crippen molar-refractivity contribution in [1.82, 2.24) is 14.5 Å². The summed E-state index contributed by atoms with van der Waals surface area (Å²) < 4.78 is 41.6. The Balaban J connectivity index is 2.20. The minimum Gasteiger partial charge on any atom is -0.392 e. The zero-order chi connectivity index (χ0) is 15.6. The fourth-order valence-corrected chi connectivity index (χ4v) is 2.97. The van der Waals surface area contributed by atoms with E-state index in [4.69, 9.17) is 5.11 Å². The number of aromatic nitrogens is 2. The highest BCUT2D eigenvalue weighted by Gasteiger charge is 2.17. The molecular weight excluding hydrogens is 297 g/mol. The van der Waals surface area contributed by atoms with Gasteiger partial charge in [0.25, 0.3) is 0 Å². The lowest BCUT2D eigenvalue weighted by Gasteiger charge is -2.08. The highest BCUT2D eigenvalue weighted by atomic mass is 32.2. The Morgan fingerprint density at radius 3 is 2.67 bits per heavy atom. The summed E-state index contributed by atoms with van der Waals surface area (Å²) in [6.07, 6.45) is 1.72. The second-order valence-corrected chi connectivity index (χ2v) is 6.42. The molecule has 0 spiro atoms. The van der Waals surface area contributed by atoms with Gasteiger partial charge in [0.2, 0.25) is 10.0 Å². The molecule has 0 unspecified atom stereocenters. The van der Waals surface area contributed by atoms with Crippen molar-refractivity contribution in [2.24, 2.45) is 7.05 Å². The van der Waals surface area contributed by atoms with Crippen LogP contribution in [0.4, 0.5) is 4.39 Å². The summed E-state index contributed by atoms with van der Waals surface area (Å²) in [4.78, 5) is -0.0884. The molecule has 6 nitrogen and oxygen atoms in total. The van der Waals surface area contributed by atoms with Crippen LogP contribution in [0, 0.1) is 12.7 Å². The van der Waals surface area contributed by atoms with Gasteiger partial charge < -0.3 is 5.11 Å². The molecule has 1 aromatic heterocycles. The summed E-state index contributed by atoms with van der Waals surface area (Å²) >= 11 is 0. The number of nitrogens with one attached hydrogen (secondary N) is 1. The van der Waals surface area contributed by atoms with Gasteiger partial charge in [-0.05, 0) is 25.1 Å². The molecule has 0 aliphatic rings. The zero-order valence-corrected chi connectivity index (χ0v) is 12.5. The molecule has 2 rings (SSSR count). The number of aliphatic hydroxyl groups is 1. The van der Waals surface area contributed by atoms with Crippen LogP contribution in [0.3, 0.4) is 0 Å². The maximum Gasteiger partial charge on any atom is 0.240 e. The average molecular weight is 313 g/mol. The Labute approximate surface area is 122 Å². The van der Waals surface area contributed by atoms with Crippen LogP contribution in [0.5, 0.6) is 0 Å². The Kier molecular flexibility index (Phi) is 4.40. The lowest BCUT2D eigenvalue weighted by molar-refractivity contribution is 0.275.